The third kappa shape index (κ3) is 2.66. The highest BCUT2D eigenvalue weighted by Gasteiger charge is 2.26. The minimum absolute atomic E-state index is 0.0165. The van der Waals surface area contributed by atoms with E-state index in [2.05, 4.69) is 18.0 Å². The summed E-state index contributed by atoms with van der Waals surface area (Å²) in [4.78, 5) is 20.6. The Hall–Kier alpha value is -2.44. The smallest absolute Gasteiger partial charge is 0.171 e. The van der Waals surface area contributed by atoms with E-state index in [9.17, 15) is 4.79 Å². The van der Waals surface area contributed by atoms with Crippen LogP contribution in [0.25, 0.3) is 21.3 Å². The van der Waals surface area contributed by atoms with Crippen LogP contribution in [0.15, 0.2) is 24.3 Å². The Labute approximate surface area is 156 Å². The Kier molecular flexibility index (Phi) is 4.17. The van der Waals surface area contributed by atoms with Crippen LogP contribution in [-0.2, 0) is 13.0 Å². The monoisotopic (exact) mass is 367 g/mol. The van der Waals surface area contributed by atoms with Crippen molar-refractivity contribution < 1.29 is 9.53 Å². The van der Waals surface area contributed by atoms with Crippen LogP contribution in [0.2, 0.25) is 0 Å². The van der Waals surface area contributed by atoms with Gasteiger partial charge in [0, 0.05) is 43.1 Å². The summed E-state index contributed by atoms with van der Waals surface area (Å²) in [6.07, 6.45) is 0.895. The third-order valence-electron chi connectivity index (χ3n) is 4.90. The lowest BCUT2D eigenvalue weighted by Gasteiger charge is -2.27. The molecule has 1 aliphatic heterocycles. The van der Waals surface area contributed by atoms with Crippen LogP contribution >= 0.6 is 11.3 Å². The first kappa shape index (κ1) is 17.0. The number of thiophene rings is 1. The maximum absolute atomic E-state index is 12.0. The number of rotatable bonds is 3. The van der Waals surface area contributed by atoms with E-state index in [-0.39, 0.29) is 5.78 Å². The molecule has 0 spiro atoms. The van der Waals surface area contributed by atoms with Crippen LogP contribution in [-0.4, -0.2) is 36.4 Å². The summed E-state index contributed by atoms with van der Waals surface area (Å²) in [5.74, 6) is 0.781. The van der Waals surface area contributed by atoms with Gasteiger partial charge in [-0.1, -0.05) is 12.1 Å². The Morgan fingerprint density at radius 1 is 1.38 bits per heavy atom. The van der Waals surface area contributed by atoms with Crippen molar-refractivity contribution in [2.45, 2.75) is 19.9 Å². The molecule has 0 saturated heterocycles. The number of carbonyl (C=O) groups excluding carboxylic acids is 1. The van der Waals surface area contributed by atoms with Gasteiger partial charge in [0.1, 0.15) is 10.6 Å². The van der Waals surface area contributed by atoms with Crippen LogP contribution < -0.4 is 10.5 Å². The lowest BCUT2D eigenvalue weighted by Crippen LogP contribution is -2.27. The normalized spacial score (nSPS) is 14.4. The fourth-order valence-corrected chi connectivity index (χ4v) is 4.64. The van der Waals surface area contributed by atoms with E-state index < -0.39 is 0 Å². The van der Waals surface area contributed by atoms with Gasteiger partial charge in [0.2, 0.25) is 0 Å². The summed E-state index contributed by atoms with van der Waals surface area (Å²) < 4.78 is 5.42. The SMILES string of the molecule is COc1cccc(-c2c3c(nc4sc(C(C)=O)c(N)c24)CCN(C)C3)c1. The second-order valence-corrected chi connectivity index (χ2v) is 7.71. The Morgan fingerprint density at radius 3 is 2.92 bits per heavy atom. The fraction of sp³-hybridized carbons (Fsp3) is 0.300. The van der Waals surface area contributed by atoms with Gasteiger partial charge < -0.3 is 15.4 Å². The molecule has 0 fully saturated rings. The summed E-state index contributed by atoms with van der Waals surface area (Å²) in [6, 6.07) is 8.00. The quantitative estimate of drug-likeness (QED) is 0.714. The number of ether oxygens (including phenoxy) is 1. The minimum atomic E-state index is -0.0165. The maximum atomic E-state index is 12.0. The number of benzene rings is 1. The standard InChI is InChI=1S/C20H21N3O2S/c1-11(24)19-18(21)17-16(12-5-4-6-13(9-12)25-3)14-10-23(2)8-7-15(14)22-20(17)26-19/h4-6,9H,7-8,10,21H2,1-3H3. The maximum Gasteiger partial charge on any atom is 0.171 e. The number of Topliss-reactive ketones (excluding diaryl/α,β-unsaturated/α-hetero) is 1. The number of nitrogen functional groups attached to an aromatic ring is 1. The number of nitrogens with two attached hydrogens (primary N) is 1. The average molecular weight is 367 g/mol. The lowest BCUT2D eigenvalue weighted by molar-refractivity contribution is 0.102. The number of fused-ring (bicyclic) bond motifs is 2. The second-order valence-electron chi connectivity index (χ2n) is 6.71. The van der Waals surface area contributed by atoms with Gasteiger partial charge in [0.25, 0.3) is 0 Å². The Morgan fingerprint density at radius 2 is 2.19 bits per heavy atom. The molecule has 0 radical (unpaired) electrons. The van der Waals surface area contributed by atoms with E-state index in [1.165, 1.54) is 16.9 Å². The van der Waals surface area contributed by atoms with Gasteiger partial charge in [-0.3, -0.25) is 4.79 Å². The summed E-state index contributed by atoms with van der Waals surface area (Å²) in [7, 11) is 3.78. The number of hydrogen-bond donors (Lipinski definition) is 1. The number of hydrogen-bond acceptors (Lipinski definition) is 6. The van der Waals surface area contributed by atoms with Crippen LogP contribution in [0.4, 0.5) is 5.69 Å². The van der Waals surface area contributed by atoms with Crippen LogP contribution in [0.3, 0.4) is 0 Å². The molecule has 0 atom stereocenters. The van der Waals surface area contributed by atoms with Crippen molar-refractivity contribution >= 4 is 33.0 Å². The number of pyridine rings is 1. The zero-order valence-corrected chi connectivity index (χ0v) is 15.9. The predicted molar refractivity (Wildman–Crippen MR) is 106 cm³/mol. The Bertz CT molecular complexity index is 1030. The van der Waals surface area contributed by atoms with Crippen LogP contribution in [0, 0.1) is 0 Å². The van der Waals surface area contributed by atoms with E-state index in [0.29, 0.717) is 10.6 Å². The van der Waals surface area contributed by atoms with Gasteiger partial charge in [0.15, 0.2) is 5.78 Å². The van der Waals surface area contributed by atoms with Crippen molar-refractivity contribution in [2.24, 2.45) is 0 Å². The van der Waals surface area contributed by atoms with E-state index in [1.807, 2.05) is 18.2 Å². The Balaban J connectivity index is 2.10. The van der Waals surface area contributed by atoms with Gasteiger partial charge in [-0.25, -0.2) is 4.98 Å². The van der Waals surface area contributed by atoms with Crippen molar-refractivity contribution in [3.8, 4) is 16.9 Å². The molecule has 0 saturated carbocycles. The molecule has 3 heterocycles. The number of anilines is 1. The molecule has 0 aliphatic carbocycles. The third-order valence-corrected chi connectivity index (χ3v) is 6.10. The molecule has 0 unspecified atom stereocenters. The largest absolute Gasteiger partial charge is 0.497 e. The number of methoxy groups -OCH3 is 1. The molecule has 2 aromatic heterocycles. The summed E-state index contributed by atoms with van der Waals surface area (Å²) >= 11 is 1.39. The van der Waals surface area contributed by atoms with Gasteiger partial charge in [0.05, 0.1) is 17.7 Å². The molecule has 4 rings (SSSR count). The molecular weight excluding hydrogens is 346 g/mol. The predicted octanol–water partition coefficient (Wildman–Crippen LogP) is 3.74. The van der Waals surface area contributed by atoms with Gasteiger partial charge in [-0.15, -0.1) is 11.3 Å². The summed E-state index contributed by atoms with van der Waals surface area (Å²) in [5, 5.41) is 0.891. The van der Waals surface area contributed by atoms with E-state index in [4.69, 9.17) is 15.5 Å². The van der Waals surface area contributed by atoms with E-state index >= 15 is 0 Å². The number of carbonyl (C=O) groups is 1. The fourth-order valence-electron chi connectivity index (χ4n) is 3.62. The molecular formula is C20H21N3O2S. The number of nitrogens with zero attached hydrogens (tertiary/aromatic N) is 2. The topological polar surface area (TPSA) is 68.4 Å². The summed E-state index contributed by atoms with van der Waals surface area (Å²) in [5.41, 5.74) is 11.4. The molecule has 26 heavy (non-hydrogen) atoms. The van der Waals surface area contributed by atoms with Crippen molar-refractivity contribution in [1.82, 2.24) is 9.88 Å². The molecule has 3 aromatic rings. The molecule has 6 heteroatoms. The van der Waals surface area contributed by atoms with Crippen molar-refractivity contribution in [3.05, 3.63) is 40.4 Å². The zero-order chi connectivity index (χ0) is 18.4. The number of ketones is 1. The zero-order valence-electron chi connectivity index (χ0n) is 15.1. The molecule has 1 aromatic carbocycles. The van der Waals surface area contributed by atoms with E-state index in [0.717, 1.165) is 52.3 Å². The van der Waals surface area contributed by atoms with Gasteiger partial charge in [-0.2, -0.15) is 0 Å². The highest BCUT2D eigenvalue weighted by atomic mass is 32.1. The molecule has 0 bridgehead atoms. The van der Waals surface area contributed by atoms with Crippen molar-refractivity contribution in [3.63, 3.8) is 0 Å². The molecule has 134 valence electrons. The lowest BCUT2D eigenvalue weighted by atomic mass is 9.92. The highest BCUT2D eigenvalue weighted by molar-refractivity contribution is 7.21. The van der Waals surface area contributed by atoms with Crippen LogP contribution in [0.1, 0.15) is 27.9 Å². The van der Waals surface area contributed by atoms with E-state index in [1.54, 1.807) is 14.0 Å². The second kappa shape index (κ2) is 6.37. The first-order chi connectivity index (χ1) is 12.5. The van der Waals surface area contributed by atoms with Gasteiger partial charge >= 0.3 is 0 Å². The first-order valence-electron chi connectivity index (χ1n) is 8.57. The van der Waals surface area contributed by atoms with Crippen LogP contribution in [0.5, 0.6) is 5.75 Å². The molecule has 5 nitrogen and oxygen atoms in total. The number of aromatic nitrogens is 1. The minimum Gasteiger partial charge on any atom is -0.497 e. The highest BCUT2D eigenvalue weighted by Crippen LogP contribution is 2.43. The average Bonchev–Trinajstić information content (AvgIpc) is 2.96. The summed E-state index contributed by atoms with van der Waals surface area (Å²) in [6.45, 7) is 3.35. The molecule has 2 N–H and O–H groups in total. The molecule has 0 amide bonds. The molecule has 1 aliphatic rings. The van der Waals surface area contributed by atoms with Crippen molar-refractivity contribution in [1.29, 1.82) is 0 Å². The van der Waals surface area contributed by atoms with Gasteiger partial charge in [-0.05, 0) is 30.3 Å². The number of likely N-dealkylation sites (N-methyl/N-ethyl adjacent to an activating group) is 1. The first-order valence-corrected chi connectivity index (χ1v) is 9.39. The van der Waals surface area contributed by atoms with Crippen molar-refractivity contribution in [2.75, 3.05) is 26.4 Å².